The number of ether oxygens (including phenoxy) is 9. The molecule has 0 amide bonds. The predicted molar refractivity (Wildman–Crippen MR) is 203 cm³/mol. The molecule has 1 saturated carbocycles. The Bertz CT molecular complexity index is 1470. The molecule has 4 aliphatic rings. The molecule has 2 N–H and O–H groups in total. The minimum Gasteiger partial charge on any atom is -0.458 e. The third-order valence-electron chi connectivity index (χ3n) is 13.2. The second-order valence-electron chi connectivity index (χ2n) is 17.5. The van der Waals surface area contributed by atoms with Gasteiger partial charge in [0.2, 0.25) is 0 Å². The van der Waals surface area contributed by atoms with Gasteiger partial charge in [-0.2, -0.15) is 10.5 Å². The Labute approximate surface area is 338 Å². The summed E-state index contributed by atoms with van der Waals surface area (Å²) in [7, 11) is 6.86. The molecule has 16 heteroatoms. The molecule has 4 rings (SSSR count). The molecule has 0 aromatic carbocycles. The van der Waals surface area contributed by atoms with Gasteiger partial charge >= 0.3 is 5.97 Å². The first kappa shape index (κ1) is 47.4. The van der Waals surface area contributed by atoms with Crippen molar-refractivity contribution in [1.29, 1.82) is 10.5 Å². The van der Waals surface area contributed by atoms with Crippen LogP contribution in [0.2, 0.25) is 0 Å². The zero-order chi connectivity index (χ0) is 42.8. The van der Waals surface area contributed by atoms with Crippen LogP contribution < -0.4 is 0 Å². The molecule has 57 heavy (non-hydrogen) atoms. The molecule has 0 spiro atoms. The summed E-state index contributed by atoms with van der Waals surface area (Å²) in [5.74, 6) is -4.88. The number of hydrogen-bond acceptors (Lipinski definition) is 16. The highest BCUT2D eigenvalue weighted by molar-refractivity contribution is 5.84. The van der Waals surface area contributed by atoms with Crippen LogP contribution >= 0.6 is 0 Å². The van der Waals surface area contributed by atoms with Crippen LogP contribution in [0.5, 0.6) is 0 Å². The highest BCUT2D eigenvalue weighted by atomic mass is 16.7. The number of carbonyl (C=O) groups is 2. The van der Waals surface area contributed by atoms with Crippen molar-refractivity contribution in [3.05, 3.63) is 0 Å². The second kappa shape index (κ2) is 18.9. The number of nitriles is 2. The maximum Gasteiger partial charge on any atom is 0.311 e. The Kier molecular flexibility index (Phi) is 15.7. The SMILES string of the molecule is CO[C@]1(C)C[C@H](O[C@H]2[C@H](C)[C@@H](O[C@@H]3O[C@H](C)C[C@H](N(C)C)[C@H]3OCC#N)[C@@](C)(OC)C[C@@H](C)C(=O)[C@H](C)[C@@H](OCC#N)[C@@]3(O)C(C)[C@H]3OC(=O)[C@@H]2C)O[C@@H](C)[C@@H]1O. The van der Waals surface area contributed by atoms with Gasteiger partial charge in [0, 0.05) is 50.4 Å². The first-order valence-corrected chi connectivity index (χ1v) is 20.2. The largest absolute Gasteiger partial charge is 0.458 e. The first-order chi connectivity index (χ1) is 26.6. The van der Waals surface area contributed by atoms with E-state index in [0.717, 1.165) is 0 Å². The Morgan fingerprint density at radius 3 is 2.04 bits per heavy atom. The van der Waals surface area contributed by atoms with E-state index < -0.39 is 108 Å². The Hall–Kier alpha value is -2.32. The van der Waals surface area contributed by atoms with Gasteiger partial charge in [-0.05, 0) is 61.6 Å². The fraction of sp³-hybridized carbons (Fsp3) is 0.902. The summed E-state index contributed by atoms with van der Waals surface area (Å²) in [6.07, 6.45) is -7.96. The zero-order valence-corrected chi connectivity index (χ0v) is 36.0. The normalized spacial score (nSPS) is 47.3. The van der Waals surface area contributed by atoms with Crippen LogP contribution in [0.3, 0.4) is 0 Å². The van der Waals surface area contributed by atoms with Crippen molar-refractivity contribution >= 4 is 11.8 Å². The van der Waals surface area contributed by atoms with Gasteiger partial charge < -0.3 is 57.7 Å². The summed E-state index contributed by atoms with van der Waals surface area (Å²) in [6.45, 7) is 15.3. The quantitative estimate of drug-likeness (QED) is 0.288. The average molecular weight is 810 g/mol. The van der Waals surface area contributed by atoms with Crippen LogP contribution in [-0.4, -0.2) is 153 Å². The molecule has 3 heterocycles. The van der Waals surface area contributed by atoms with Crippen molar-refractivity contribution in [2.24, 2.45) is 29.6 Å². The van der Waals surface area contributed by atoms with Crippen molar-refractivity contribution in [2.45, 2.75) is 166 Å². The molecule has 3 aliphatic heterocycles. The average Bonchev–Trinajstić information content (AvgIpc) is 3.69. The summed E-state index contributed by atoms with van der Waals surface area (Å²) < 4.78 is 56.7. The number of fused-ring (bicyclic) bond motifs is 1. The fourth-order valence-electron chi connectivity index (χ4n) is 9.50. The van der Waals surface area contributed by atoms with E-state index in [1.807, 2.05) is 45.8 Å². The molecule has 1 unspecified atom stereocenters. The van der Waals surface area contributed by atoms with Crippen LogP contribution in [0.25, 0.3) is 0 Å². The summed E-state index contributed by atoms with van der Waals surface area (Å²) in [5, 5.41) is 42.0. The topological polar surface area (TPSA) is 208 Å². The van der Waals surface area contributed by atoms with E-state index in [2.05, 4.69) is 6.07 Å². The maximum absolute atomic E-state index is 14.4. The Balaban J connectivity index is 1.88. The smallest absolute Gasteiger partial charge is 0.311 e. The number of ketones is 1. The molecular formula is C41H67N3O13. The van der Waals surface area contributed by atoms with E-state index in [1.54, 1.807) is 41.5 Å². The number of methoxy groups -OCH3 is 2. The highest BCUT2D eigenvalue weighted by Gasteiger charge is 2.71. The Morgan fingerprint density at radius 2 is 1.46 bits per heavy atom. The van der Waals surface area contributed by atoms with Crippen molar-refractivity contribution < 1.29 is 62.4 Å². The molecule has 3 saturated heterocycles. The lowest BCUT2D eigenvalue weighted by atomic mass is 9.75. The van der Waals surface area contributed by atoms with Gasteiger partial charge in [0.15, 0.2) is 12.6 Å². The second-order valence-corrected chi connectivity index (χ2v) is 17.5. The maximum atomic E-state index is 14.4. The van der Waals surface area contributed by atoms with Crippen LogP contribution in [0.15, 0.2) is 0 Å². The van der Waals surface area contributed by atoms with Gasteiger partial charge in [-0.3, -0.25) is 9.59 Å². The van der Waals surface area contributed by atoms with Crippen LogP contribution in [0.1, 0.15) is 81.6 Å². The van der Waals surface area contributed by atoms with Gasteiger partial charge in [-0.1, -0.05) is 27.7 Å². The molecule has 0 aromatic heterocycles. The molecule has 324 valence electrons. The molecule has 0 aromatic rings. The molecule has 0 bridgehead atoms. The fourth-order valence-corrected chi connectivity index (χ4v) is 9.50. The van der Waals surface area contributed by atoms with Crippen LogP contribution in [-0.2, 0) is 52.2 Å². The monoisotopic (exact) mass is 809 g/mol. The van der Waals surface area contributed by atoms with E-state index in [4.69, 9.17) is 42.6 Å². The number of likely N-dealkylation sites (N-methyl/N-ethyl adjacent to an activating group) is 1. The van der Waals surface area contributed by atoms with Crippen LogP contribution in [0.4, 0.5) is 0 Å². The van der Waals surface area contributed by atoms with Crippen molar-refractivity contribution in [3.63, 3.8) is 0 Å². The molecule has 1 aliphatic carbocycles. The van der Waals surface area contributed by atoms with Crippen molar-refractivity contribution in [2.75, 3.05) is 41.5 Å². The molecule has 0 radical (unpaired) electrons. The lowest BCUT2D eigenvalue weighted by Crippen LogP contribution is -2.61. The first-order valence-electron chi connectivity index (χ1n) is 20.2. The van der Waals surface area contributed by atoms with Crippen molar-refractivity contribution in [1.82, 2.24) is 4.90 Å². The number of rotatable bonds is 11. The molecule has 4 fully saturated rings. The zero-order valence-electron chi connectivity index (χ0n) is 36.0. The minimum absolute atomic E-state index is 0.115. The number of esters is 1. The highest BCUT2D eigenvalue weighted by Crippen LogP contribution is 2.53. The molecule has 16 nitrogen and oxygen atoms in total. The molecular weight excluding hydrogens is 742 g/mol. The van der Waals surface area contributed by atoms with E-state index in [9.17, 15) is 30.3 Å². The van der Waals surface area contributed by atoms with Gasteiger partial charge in [0.05, 0.1) is 53.7 Å². The lowest BCUT2D eigenvalue weighted by molar-refractivity contribution is -0.321. The van der Waals surface area contributed by atoms with Gasteiger partial charge in [-0.25, -0.2) is 0 Å². The van der Waals surface area contributed by atoms with E-state index >= 15 is 0 Å². The van der Waals surface area contributed by atoms with E-state index in [0.29, 0.717) is 6.42 Å². The number of carbonyl (C=O) groups excluding carboxylic acids is 2. The third-order valence-corrected chi connectivity index (χ3v) is 13.2. The molecule has 19 atom stereocenters. The van der Waals surface area contributed by atoms with Crippen molar-refractivity contribution in [3.8, 4) is 12.1 Å². The predicted octanol–water partition coefficient (Wildman–Crippen LogP) is 2.76. The van der Waals surface area contributed by atoms with Gasteiger partial charge in [-0.15, -0.1) is 0 Å². The Morgan fingerprint density at radius 1 is 0.842 bits per heavy atom. The number of Topliss-reactive ketones (excluding diaryl/α,β-unsaturated/α-hetero) is 1. The number of aliphatic hydroxyl groups is 2. The lowest BCUT2D eigenvalue weighted by Gasteiger charge is -2.50. The van der Waals surface area contributed by atoms with E-state index in [1.165, 1.54) is 14.2 Å². The number of hydrogen-bond donors (Lipinski definition) is 2. The number of aliphatic hydroxyl groups excluding tert-OH is 1. The summed E-state index contributed by atoms with van der Waals surface area (Å²) >= 11 is 0. The summed E-state index contributed by atoms with van der Waals surface area (Å²) in [4.78, 5) is 30.7. The van der Waals surface area contributed by atoms with Gasteiger partial charge in [0.25, 0.3) is 0 Å². The number of nitrogens with zero attached hydrogens (tertiary/aromatic N) is 3. The standard InChI is InChI=1S/C41H67N3O13/c1-21-19-40(9,50-13)34(57-38-32(51-16-14-42)28(44(10)11)18-22(2)53-38)24(4)31(55-29-20-39(8,49-12)33(46)27(7)54-29)25(5)37(47)56-36-26(6)41(36,48)35(52-17-15-43)23(3)30(21)45/h21-29,31-36,38,46,48H,16-20H2,1-13H3/t21-,22-,23+,24+,25-,26?,27+,28+,29+,31+,32-,33+,34-,35-,36-,38+,39-,40+,41+/m1/s1. The third kappa shape index (κ3) is 9.68. The summed E-state index contributed by atoms with van der Waals surface area (Å²) in [5.41, 5.74) is -4.05. The van der Waals surface area contributed by atoms with Crippen LogP contribution in [0, 0.1) is 52.3 Å². The summed E-state index contributed by atoms with van der Waals surface area (Å²) in [6, 6.07) is 3.79. The van der Waals surface area contributed by atoms with E-state index in [-0.39, 0.29) is 44.0 Å². The minimum atomic E-state index is -1.74. The van der Waals surface area contributed by atoms with Gasteiger partial charge in [0.1, 0.15) is 49.0 Å².